The summed E-state index contributed by atoms with van der Waals surface area (Å²) in [4.78, 5) is 0. The zero-order valence-corrected chi connectivity index (χ0v) is 9.63. The average Bonchev–Trinajstić information content (AvgIpc) is 2.65. The molecule has 2 rings (SSSR count). The molecule has 0 spiro atoms. The number of nitrogen functional groups attached to an aromatic ring is 1. The highest BCUT2D eigenvalue weighted by molar-refractivity contribution is 7.98. The van der Waals surface area contributed by atoms with Gasteiger partial charge in [-0.3, -0.25) is 0 Å². The SMILES string of the molecule is CSc1nnnn1-c1cccc(N)c1.Cl. The van der Waals surface area contributed by atoms with E-state index in [4.69, 9.17) is 5.73 Å². The van der Waals surface area contributed by atoms with E-state index in [1.807, 2.05) is 30.5 Å². The van der Waals surface area contributed by atoms with Crippen LogP contribution in [0.4, 0.5) is 5.69 Å². The van der Waals surface area contributed by atoms with Crippen LogP contribution in [0.5, 0.6) is 0 Å². The molecule has 0 radical (unpaired) electrons. The fraction of sp³-hybridized carbons (Fsp3) is 0.125. The standard InChI is InChI=1S/C8H9N5S.ClH/c1-14-8-10-11-12-13(8)7-4-2-3-6(9)5-7;/h2-5H,9H2,1H3;1H. The summed E-state index contributed by atoms with van der Waals surface area (Å²) in [6.45, 7) is 0. The Bertz CT molecular complexity index is 444. The molecule has 0 aliphatic carbocycles. The van der Waals surface area contributed by atoms with Crippen molar-refractivity contribution in [3.63, 3.8) is 0 Å². The molecule has 1 aromatic carbocycles. The molecule has 80 valence electrons. The third kappa shape index (κ3) is 2.40. The van der Waals surface area contributed by atoms with E-state index in [0.717, 1.165) is 10.8 Å². The highest BCUT2D eigenvalue weighted by atomic mass is 35.5. The van der Waals surface area contributed by atoms with Crippen molar-refractivity contribution in [3.05, 3.63) is 24.3 Å². The molecule has 0 unspecified atom stereocenters. The molecule has 5 nitrogen and oxygen atoms in total. The lowest BCUT2D eigenvalue weighted by Crippen LogP contribution is -1.99. The largest absolute Gasteiger partial charge is 0.399 e. The Labute approximate surface area is 97.5 Å². The van der Waals surface area contributed by atoms with Gasteiger partial charge in [-0.1, -0.05) is 17.8 Å². The smallest absolute Gasteiger partial charge is 0.213 e. The Morgan fingerprint density at radius 3 is 2.87 bits per heavy atom. The predicted octanol–water partition coefficient (Wildman–Crippen LogP) is 1.39. The first kappa shape index (κ1) is 11.8. The number of halogens is 1. The van der Waals surface area contributed by atoms with Crippen LogP contribution in [0.3, 0.4) is 0 Å². The van der Waals surface area contributed by atoms with Crippen molar-refractivity contribution in [3.8, 4) is 5.69 Å². The molecule has 0 aliphatic heterocycles. The minimum Gasteiger partial charge on any atom is -0.399 e. The topological polar surface area (TPSA) is 69.6 Å². The van der Waals surface area contributed by atoms with Crippen LogP contribution < -0.4 is 5.73 Å². The van der Waals surface area contributed by atoms with E-state index in [-0.39, 0.29) is 12.4 Å². The Morgan fingerprint density at radius 2 is 2.20 bits per heavy atom. The maximum Gasteiger partial charge on any atom is 0.213 e. The van der Waals surface area contributed by atoms with E-state index in [1.54, 1.807) is 4.68 Å². The van der Waals surface area contributed by atoms with Crippen molar-refractivity contribution >= 4 is 29.9 Å². The summed E-state index contributed by atoms with van der Waals surface area (Å²) in [6, 6.07) is 7.44. The molecule has 0 amide bonds. The van der Waals surface area contributed by atoms with Gasteiger partial charge in [-0.25, -0.2) is 0 Å². The lowest BCUT2D eigenvalue weighted by atomic mass is 10.3. The number of thioether (sulfide) groups is 1. The second-order valence-corrected chi connectivity index (χ2v) is 3.45. The maximum absolute atomic E-state index is 5.67. The molecular weight excluding hydrogens is 234 g/mol. The number of nitrogens with two attached hydrogens (primary N) is 1. The second kappa shape index (κ2) is 4.99. The van der Waals surface area contributed by atoms with Crippen LogP contribution >= 0.6 is 24.2 Å². The first-order valence-electron chi connectivity index (χ1n) is 3.99. The number of tetrazole rings is 1. The van der Waals surface area contributed by atoms with E-state index in [9.17, 15) is 0 Å². The summed E-state index contributed by atoms with van der Waals surface area (Å²) in [7, 11) is 0. The summed E-state index contributed by atoms with van der Waals surface area (Å²) in [5, 5.41) is 12.1. The summed E-state index contributed by atoms with van der Waals surface area (Å²) >= 11 is 1.49. The van der Waals surface area contributed by atoms with Crippen LogP contribution in [0.1, 0.15) is 0 Å². The molecule has 15 heavy (non-hydrogen) atoms. The Kier molecular flexibility index (Phi) is 3.93. The molecule has 0 atom stereocenters. The van der Waals surface area contributed by atoms with E-state index in [0.29, 0.717) is 5.69 Å². The van der Waals surface area contributed by atoms with Gasteiger partial charge < -0.3 is 5.73 Å². The van der Waals surface area contributed by atoms with Crippen LogP contribution in [-0.4, -0.2) is 26.5 Å². The third-order valence-corrected chi connectivity index (χ3v) is 2.36. The number of anilines is 1. The van der Waals surface area contributed by atoms with Crippen molar-refractivity contribution in [2.75, 3.05) is 12.0 Å². The highest BCUT2D eigenvalue weighted by Crippen LogP contribution is 2.16. The van der Waals surface area contributed by atoms with Crippen LogP contribution in [0, 0.1) is 0 Å². The van der Waals surface area contributed by atoms with Gasteiger partial charge in [0.05, 0.1) is 5.69 Å². The Hall–Kier alpha value is -1.27. The Balaban J connectivity index is 0.00000112. The molecule has 0 bridgehead atoms. The molecule has 0 fully saturated rings. The van der Waals surface area contributed by atoms with Crippen LogP contribution in [0.15, 0.2) is 29.4 Å². The molecule has 2 N–H and O–H groups in total. The first-order valence-corrected chi connectivity index (χ1v) is 5.22. The number of hydrogen-bond donors (Lipinski definition) is 1. The minimum atomic E-state index is 0. The van der Waals surface area contributed by atoms with E-state index in [1.165, 1.54) is 11.8 Å². The van der Waals surface area contributed by atoms with Crippen LogP contribution in [0.2, 0.25) is 0 Å². The molecule has 7 heteroatoms. The van der Waals surface area contributed by atoms with Crippen molar-refractivity contribution in [1.29, 1.82) is 0 Å². The summed E-state index contributed by atoms with van der Waals surface area (Å²) in [5.74, 6) is 0. The highest BCUT2D eigenvalue weighted by Gasteiger charge is 2.05. The Morgan fingerprint density at radius 1 is 1.40 bits per heavy atom. The normalized spacial score (nSPS) is 9.67. The third-order valence-electron chi connectivity index (χ3n) is 1.74. The molecule has 0 saturated carbocycles. The van der Waals surface area contributed by atoms with E-state index >= 15 is 0 Å². The maximum atomic E-state index is 5.67. The second-order valence-electron chi connectivity index (χ2n) is 2.67. The van der Waals surface area contributed by atoms with Crippen LogP contribution in [0.25, 0.3) is 5.69 Å². The minimum absolute atomic E-state index is 0. The summed E-state index contributed by atoms with van der Waals surface area (Å²) < 4.78 is 1.65. The first-order chi connectivity index (χ1) is 6.81. The lowest BCUT2D eigenvalue weighted by Gasteiger charge is -2.02. The van der Waals surface area contributed by atoms with Crippen molar-refractivity contribution in [2.45, 2.75) is 5.16 Å². The molecular formula is C8H10ClN5S. The number of benzene rings is 1. The molecule has 0 saturated heterocycles. The van der Waals surface area contributed by atoms with Gasteiger partial charge >= 0.3 is 0 Å². The predicted molar refractivity (Wildman–Crippen MR) is 62.6 cm³/mol. The molecule has 1 aromatic heterocycles. The quantitative estimate of drug-likeness (QED) is 0.638. The molecule has 1 heterocycles. The van der Waals surface area contributed by atoms with Crippen molar-refractivity contribution < 1.29 is 0 Å². The molecule has 2 aromatic rings. The van der Waals surface area contributed by atoms with Gasteiger partial charge in [0.25, 0.3) is 0 Å². The monoisotopic (exact) mass is 243 g/mol. The number of nitrogens with zero attached hydrogens (tertiary/aromatic N) is 4. The van der Waals surface area contributed by atoms with Gasteiger partial charge in [0.15, 0.2) is 0 Å². The van der Waals surface area contributed by atoms with Crippen molar-refractivity contribution in [2.24, 2.45) is 0 Å². The zero-order valence-electron chi connectivity index (χ0n) is 7.99. The van der Waals surface area contributed by atoms with Gasteiger partial charge in [0.2, 0.25) is 5.16 Å². The number of rotatable bonds is 2. The lowest BCUT2D eigenvalue weighted by molar-refractivity contribution is 0.757. The van der Waals surface area contributed by atoms with Gasteiger partial charge in [-0.05, 0) is 34.9 Å². The zero-order chi connectivity index (χ0) is 9.97. The fourth-order valence-corrected chi connectivity index (χ4v) is 1.56. The van der Waals surface area contributed by atoms with Crippen molar-refractivity contribution in [1.82, 2.24) is 20.2 Å². The summed E-state index contributed by atoms with van der Waals surface area (Å²) in [5.41, 5.74) is 7.24. The van der Waals surface area contributed by atoms with Gasteiger partial charge in [0.1, 0.15) is 0 Å². The van der Waals surface area contributed by atoms with E-state index < -0.39 is 0 Å². The summed E-state index contributed by atoms with van der Waals surface area (Å²) in [6.07, 6.45) is 1.93. The number of aromatic nitrogens is 4. The fourth-order valence-electron chi connectivity index (χ4n) is 1.12. The van der Waals surface area contributed by atoms with E-state index in [2.05, 4.69) is 15.5 Å². The van der Waals surface area contributed by atoms with Gasteiger partial charge in [-0.15, -0.1) is 17.5 Å². The van der Waals surface area contributed by atoms with Crippen LogP contribution in [-0.2, 0) is 0 Å². The average molecular weight is 244 g/mol. The molecule has 0 aliphatic rings. The number of hydrogen-bond acceptors (Lipinski definition) is 5. The van der Waals surface area contributed by atoms with Gasteiger partial charge in [0, 0.05) is 5.69 Å². The van der Waals surface area contributed by atoms with Gasteiger partial charge in [-0.2, -0.15) is 4.68 Å².